The van der Waals surface area contributed by atoms with Crippen molar-refractivity contribution < 1.29 is 0 Å². The number of hydrogen-bond acceptors (Lipinski definition) is 3. The summed E-state index contributed by atoms with van der Waals surface area (Å²) in [4.78, 5) is 2.58. The van der Waals surface area contributed by atoms with Crippen LogP contribution in [0, 0.1) is 0 Å². The number of nitrogens with two attached hydrogens (primary N) is 1. The third-order valence-electron chi connectivity index (χ3n) is 11.9. The van der Waals surface area contributed by atoms with Crippen molar-refractivity contribution in [1.82, 2.24) is 0 Å². The molecule has 274 valence electrons. The number of anilines is 3. The van der Waals surface area contributed by atoms with Crippen molar-refractivity contribution in [3.63, 3.8) is 0 Å². The van der Waals surface area contributed by atoms with Crippen LogP contribution in [0.4, 0.5) is 17.1 Å². The van der Waals surface area contributed by atoms with E-state index in [0.717, 1.165) is 12.1 Å². The number of fused-ring (bicyclic) bond motifs is 11. The molecule has 0 saturated heterocycles. The van der Waals surface area contributed by atoms with Crippen LogP contribution in [0.15, 0.2) is 219 Å². The summed E-state index contributed by atoms with van der Waals surface area (Å²) in [5, 5.41) is 6.32. The normalized spacial score (nSPS) is 16.6. The number of para-hydroxylation sites is 2. The fourth-order valence-corrected chi connectivity index (χ4v) is 9.47. The molecule has 1 aliphatic heterocycles. The molecule has 7 aromatic carbocycles. The molecule has 10 rings (SSSR count). The van der Waals surface area contributed by atoms with Crippen LogP contribution in [0.3, 0.4) is 0 Å². The van der Waals surface area contributed by atoms with Crippen LogP contribution in [0.5, 0.6) is 0 Å². The number of allylic oxidation sites excluding steroid dienone is 6. The summed E-state index contributed by atoms with van der Waals surface area (Å²) in [5.74, 6) is 0. The zero-order valence-electron chi connectivity index (χ0n) is 31.7. The van der Waals surface area contributed by atoms with E-state index in [4.69, 9.17) is 5.73 Å². The van der Waals surface area contributed by atoms with Crippen molar-refractivity contribution in [1.29, 1.82) is 0 Å². The SMILES string of the molecule is N\C=C/C=C\C=C\C(Nc1ccc(-c2ccc3c(c2)C2(c4ccccc4N(C4C=CC=CC4)c4ccccc42)c2c-3ccc3ccccc23)cc1)c1ccccc1. The maximum Gasteiger partial charge on any atom is 0.0760 e. The van der Waals surface area contributed by atoms with Crippen molar-refractivity contribution >= 4 is 27.8 Å². The lowest BCUT2D eigenvalue weighted by atomic mass is 9.63. The molecule has 0 radical (unpaired) electrons. The van der Waals surface area contributed by atoms with E-state index in [1.807, 2.05) is 18.2 Å². The van der Waals surface area contributed by atoms with Gasteiger partial charge in [-0.2, -0.15) is 0 Å². The maximum absolute atomic E-state index is 5.52. The van der Waals surface area contributed by atoms with Gasteiger partial charge in [-0.15, -0.1) is 0 Å². The molecular formula is C54H43N3. The summed E-state index contributed by atoms with van der Waals surface area (Å²) in [6.07, 6.45) is 21.5. The summed E-state index contributed by atoms with van der Waals surface area (Å²) in [6, 6.07) is 58.7. The largest absolute Gasteiger partial charge is 0.405 e. The summed E-state index contributed by atoms with van der Waals surface area (Å²) in [7, 11) is 0. The van der Waals surface area contributed by atoms with Crippen LogP contribution in [-0.2, 0) is 5.41 Å². The summed E-state index contributed by atoms with van der Waals surface area (Å²) in [5.41, 5.74) is 20.1. The average Bonchev–Trinajstić information content (AvgIpc) is 3.57. The average molecular weight is 734 g/mol. The van der Waals surface area contributed by atoms with Gasteiger partial charge in [-0.05, 0) is 110 Å². The molecule has 3 aliphatic rings. The molecule has 57 heavy (non-hydrogen) atoms. The number of nitrogens with one attached hydrogen (secondary N) is 1. The highest BCUT2D eigenvalue weighted by Crippen LogP contribution is 2.64. The predicted molar refractivity (Wildman–Crippen MR) is 240 cm³/mol. The molecule has 2 atom stereocenters. The zero-order chi connectivity index (χ0) is 38.2. The van der Waals surface area contributed by atoms with E-state index >= 15 is 0 Å². The topological polar surface area (TPSA) is 41.3 Å². The number of rotatable bonds is 8. The summed E-state index contributed by atoms with van der Waals surface area (Å²) >= 11 is 0. The zero-order valence-corrected chi connectivity index (χ0v) is 31.7. The molecule has 7 aromatic rings. The molecule has 0 saturated carbocycles. The number of hydrogen-bond donors (Lipinski definition) is 2. The van der Waals surface area contributed by atoms with E-state index < -0.39 is 5.41 Å². The Bertz CT molecular complexity index is 2720. The molecule has 0 aromatic heterocycles. The highest BCUT2D eigenvalue weighted by atomic mass is 15.2. The van der Waals surface area contributed by atoms with Gasteiger partial charge in [0.15, 0.2) is 0 Å². The minimum Gasteiger partial charge on any atom is -0.405 e. The second-order valence-electron chi connectivity index (χ2n) is 15.0. The first-order valence-corrected chi connectivity index (χ1v) is 19.9. The van der Waals surface area contributed by atoms with Gasteiger partial charge in [0, 0.05) is 17.1 Å². The van der Waals surface area contributed by atoms with Crippen LogP contribution in [0.2, 0.25) is 0 Å². The van der Waals surface area contributed by atoms with E-state index in [1.165, 1.54) is 78.4 Å². The van der Waals surface area contributed by atoms with Gasteiger partial charge in [-0.25, -0.2) is 0 Å². The first-order valence-electron chi connectivity index (χ1n) is 19.9. The molecule has 0 amide bonds. The first kappa shape index (κ1) is 34.4. The monoisotopic (exact) mass is 733 g/mol. The Kier molecular flexibility index (Phi) is 8.76. The van der Waals surface area contributed by atoms with E-state index in [-0.39, 0.29) is 12.1 Å². The van der Waals surface area contributed by atoms with Gasteiger partial charge in [0.2, 0.25) is 0 Å². The van der Waals surface area contributed by atoms with Gasteiger partial charge in [-0.1, -0.05) is 176 Å². The molecule has 3 N–H and O–H groups in total. The van der Waals surface area contributed by atoms with Crippen LogP contribution in [-0.4, -0.2) is 6.04 Å². The third kappa shape index (κ3) is 5.74. The third-order valence-corrected chi connectivity index (χ3v) is 11.9. The molecule has 1 heterocycles. The highest BCUT2D eigenvalue weighted by molar-refractivity contribution is 6.03. The van der Waals surface area contributed by atoms with E-state index in [0.29, 0.717) is 0 Å². The van der Waals surface area contributed by atoms with Crippen molar-refractivity contribution in [3.8, 4) is 22.3 Å². The highest BCUT2D eigenvalue weighted by Gasteiger charge is 2.52. The maximum atomic E-state index is 5.52. The minimum atomic E-state index is -0.523. The van der Waals surface area contributed by atoms with Crippen molar-refractivity contribution in [2.24, 2.45) is 5.73 Å². The molecule has 1 spiro atoms. The molecule has 3 nitrogen and oxygen atoms in total. The Morgan fingerprint density at radius 1 is 0.614 bits per heavy atom. The van der Waals surface area contributed by atoms with Crippen molar-refractivity contribution in [2.45, 2.75) is 23.9 Å². The molecule has 3 heteroatoms. The van der Waals surface area contributed by atoms with Gasteiger partial charge < -0.3 is 16.0 Å². The molecule has 0 fully saturated rings. The first-order chi connectivity index (χ1) is 28.3. The fourth-order valence-electron chi connectivity index (χ4n) is 9.47. The summed E-state index contributed by atoms with van der Waals surface area (Å²) < 4.78 is 0. The van der Waals surface area contributed by atoms with E-state index in [9.17, 15) is 0 Å². The van der Waals surface area contributed by atoms with Gasteiger partial charge in [0.1, 0.15) is 0 Å². The quantitative estimate of drug-likeness (QED) is 0.153. The van der Waals surface area contributed by atoms with Gasteiger partial charge in [-0.3, -0.25) is 0 Å². The van der Waals surface area contributed by atoms with E-state index in [2.05, 4.69) is 204 Å². The van der Waals surface area contributed by atoms with Crippen LogP contribution >= 0.6 is 0 Å². The minimum absolute atomic E-state index is 0.00265. The van der Waals surface area contributed by atoms with Gasteiger partial charge in [0.05, 0.1) is 17.5 Å². The van der Waals surface area contributed by atoms with Gasteiger partial charge >= 0.3 is 0 Å². The van der Waals surface area contributed by atoms with Gasteiger partial charge in [0.25, 0.3) is 0 Å². The molecule has 2 aliphatic carbocycles. The molecule has 0 bridgehead atoms. The second kappa shape index (κ2) is 14.5. The Hall–Kier alpha value is -7.10. The van der Waals surface area contributed by atoms with Crippen LogP contribution < -0.4 is 16.0 Å². The second-order valence-corrected chi connectivity index (χ2v) is 15.0. The smallest absolute Gasteiger partial charge is 0.0760 e. The summed E-state index contributed by atoms with van der Waals surface area (Å²) in [6.45, 7) is 0. The molecular weight excluding hydrogens is 691 g/mol. The lowest BCUT2D eigenvalue weighted by molar-refractivity contribution is 0.704. The standard InChI is InChI=1S/C54H43N3/c55-36-16-2-1-9-25-50(40-18-5-3-6-19-40)56-42-32-28-38(29-33-42)41-31-34-45-46-35-30-39-17-10-11-22-44(39)53(46)54(49(45)37-41)47-23-12-14-26-51(47)57(43-20-7-4-8-21-43)52-27-15-13-24-48(52)54/h1-20,22-37,43,50,56H,21,55H2/b2-1-,25-9+,36-16-. The fraction of sp³-hybridized carbons (Fsp3) is 0.0741. The van der Waals surface area contributed by atoms with Crippen molar-refractivity contribution in [3.05, 3.63) is 246 Å². The molecule has 2 unspecified atom stereocenters. The predicted octanol–water partition coefficient (Wildman–Crippen LogP) is 12.9. The Morgan fingerprint density at radius 3 is 2.05 bits per heavy atom. The lowest BCUT2D eigenvalue weighted by Crippen LogP contribution is -2.41. The van der Waals surface area contributed by atoms with Crippen molar-refractivity contribution in [2.75, 3.05) is 10.2 Å². The number of benzene rings is 7. The number of nitrogens with zero attached hydrogens (tertiary/aromatic N) is 1. The van der Waals surface area contributed by atoms with Crippen LogP contribution in [0.1, 0.15) is 40.3 Å². The Morgan fingerprint density at radius 2 is 1.30 bits per heavy atom. The van der Waals surface area contributed by atoms with Crippen LogP contribution in [0.25, 0.3) is 33.0 Å². The Balaban J connectivity index is 1.12. The van der Waals surface area contributed by atoms with E-state index in [1.54, 1.807) is 0 Å². The Labute approximate surface area is 335 Å². The lowest BCUT2D eigenvalue weighted by Gasteiger charge is -2.47.